The van der Waals surface area contributed by atoms with Crippen LogP contribution in [0.15, 0.2) is 48.5 Å². The van der Waals surface area contributed by atoms with Crippen molar-refractivity contribution < 1.29 is 19.4 Å². The summed E-state index contributed by atoms with van der Waals surface area (Å²) in [5, 5.41) is 9.93. The molecule has 3 aliphatic rings. The molecule has 2 aromatic carbocycles. The molecule has 1 aliphatic heterocycles. The van der Waals surface area contributed by atoms with Crippen LogP contribution in [-0.4, -0.2) is 41.8 Å². The van der Waals surface area contributed by atoms with Gasteiger partial charge in [0.15, 0.2) is 0 Å². The Hall–Kier alpha value is -2.82. The van der Waals surface area contributed by atoms with Crippen molar-refractivity contribution >= 4 is 12.1 Å². The predicted molar refractivity (Wildman–Crippen MR) is 123 cm³/mol. The molecule has 1 atom stereocenters. The molecule has 32 heavy (non-hydrogen) atoms. The van der Waals surface area contributed by atoms with Crippen molar-refractivity contribution in [3.05, 3.63) is 59.7 Å². The van der Waals surface area contributed by atoms with Crippen LogP contribution in [0.25, 0.3) is 11.1 Å². The first-order valence-corrected chi connectivity index (χ1v) is 11.9. The summed E-state index contributed by atoms with van der Waals surface area (Å²) in [6, 6.07) is 16.6. The van der Waals surface area contributed by atoms with Crippen LogP contribution >= 0.6 is 0 Å². The smallest absolute Gasteiger partial charge is 0.409 e. The van der Waals surface area contributed by atoms with E-state index in [2.05, 4.69) is 24.3 Å². The van der Waals surface area contributed by atoms with Gasteiger partial charge in [0, 0.05) is 24.4 Å². The maximum absolute atomic E-state index is 13.1. The summed E-state index contributed by atoms with van der Waals surface area (Å²) in [4.78, 5) is 26.8. The van der Waals surface area contributed by atoms with E-state index in [9.17, 15) is 14.7 Å². The van der Waals surface area contributed by atoms with Crippen LogP contribution in [0.2, 0.25) is 0 Å². The van der Waals surface area contributed by atoms with E-state index in [1.165, 1.54) is 28.7 Å². The van der Waals surface area contributed by atoms with Crippen LogP contribution in [-0.2, 0) is 9.53 Å². The standard InChI is InChI=1S/C27H31NO4/c29-25(30)24-16-28(18-27(24)14-8-2-1-3-9-15-27)26(31)32-17-23-21-12-6-4-10-19(21)20-11-5-7-13-22(20)23/h4-7,10-13,23-24H,1-3,8-9,14-18H2,(H,29,30). The molecule has 168 valence electrons. The van der Waals surface area contributed by atoms with E-state index in [1.54, 1.807) is 4.90 Å². The summed E-state index contributed by atoms with van der Waals surface area (Å²) < 4.78 is 5.84. The van der Waals surface area contributed by atoms with Gasteiger partial charge in [-0.25, -0.2) is 4.79 Å². The fourth-order valence-electron chi connectivity index (χ4n) is 6.25. The highest BCUT2D eigenvalue weighted by atomic mass is 16.6. The molecule has 2 aliphatic carbocycles. The number of carbonyl (C=O) groups is 2. The van der Waals surface area contributed by atoms with Crippen molar-refractivity contribution in [1.29, 1.82) is 0 Å². The Morgan fingerprint density at radius 3 is 2.06 bits per heavy atom. The van der Waals surface area contributed by atoms with Gasteiger partial charge in [-0.2, -0.15) is 0 Å². The van der Waals surface area contributed by atoms with Gasteiger partial charge in [0.25, 0.3) is 0 Å². The van der Waals surface area contributed by atoms with Gasteiger partial charge in [0.05, 0.1) is 5.92 Å². The van der Waals surface area contributed by atoms with Gasteiger partial charge in [-0.1, -0.05) is 80.6 Å². The number of carbonyl (C=O) groups excluding carboxylic acids is 1. The number of benzene rings is 2. The van der Waals surface area contributed by atoms with Gasteiger partial charge in [0.2, 0.25) is 0 Å². The molecule has 1 unspecified atom stereocenters. The highest BCUT2D eigenvalue weighted by Gasteiger charge is 2.51. The summed E-state index contributed by atoms with van der Waals surface area (Å²) in [6.45, 7) is 1.03. The second-order valence-electron chi connectivity index (χ2n) is 9.71. The lowest BCUT2D eigenvalue weighted by molar-refractivity contribution is -0.145. The largest absolute Gasteiger partial charge is 0.481 e. The SMILES string of the molecule is O=C(O)C1CN(C(=O)OCC2c3ccccc3-c3ccccc32)CC12CCCCCCC2. The number of ether oxygens (including phenoxy) is 1. The molecule has 5 heteroatoms. The van der Waals surface area contributed by atoms with E-state index in [0.29, 0.717) is 6.54 Å². The van der Waals surface area contributed by atoms with Gasteiger partial charge in [-0.15, -0.1) is 0 Å². The lowest BCUT2D eigenvalue weighted by Gasteiger charge is -2.34. The summed E-state index contributed by atoms with van der Waals surface area (Å²) in [5.74, 6) is -1.26. The zero-order valence-corrected chi connectivity index (χ0v) is 18.5. The van der Waals surface area contributed by atoms with E-state index < -0.39 is 11.9 Å². The minimum atomic E-state index is -0.778. The molecule has 1 amide bonds. The zero-order valence-electron chi connectivity index (χ0n) is 18.5. The molecule has 0 bridgehead atoms. The van der Waals surface area contributed by atoms with Crippen molar-refractivity contribution in [2.45, 2.75) is 50.9 Å². The van der Waals surface area contributed by atoms with E-state index >= 15 is 0 Å². The van der Waals surface area contributed by atoms with Crippen LogP contribution in [0.5, 0.6) is 0 Å². The highest BCUT2D eigenvalue weighted by Crippen LogP contribution is 2.47. The van der Waals surface area contributed by atoms with E-state index in [4.69, 9.17) is 4.74 Å². The molecule has 1 heterocycles. The van der Waals surface area contributed by atoms with Crippen molar-refractivity contribution in [1.82, 2.24) is 4.90 Å². The van der Waals surface area contributed by atoms with Crippen LogP contribution < -0.4 is 0 Å². The monoisotopic (exact) mass is 433 g/mol. The number of nitrogens with zero attached hydrogens (tertiary/aromatic N) is 1. The molecule has 1 saturated heterocycles. The van der Waals surface area contributed by atoms with Crippen LogP contribution in [0.3, 0.4) is 0 Å². The second kappa shape index (κ2) is 8.61. The third-order valence-electron chi connectivity index (χ3n) is 7.89. The first-order valence-electron chi connectivity index (χ1n) is 11.9. The summed E-state index contributed by atoms with van der Waals surface area (Å²) in [5.41, 5.74) is 4.46. The maximum Gasteiger partial charge on any atom is 0.409 e. The van der Waals surface area contributed by atoms with Crippen LogP contribution in [0, 0.1) is 11.3 Å². The molecule has 0 radical (unpaired) electrons. The maximum atomic E-state index is 13.1. The summed E-state index contributed by atoms with van der Waals surface area (Å²) >= 11 is 0. The summed E-state index contributed by atoms with van der Waals surface area (Å²) in [6.07, 6.45) is 7.01. The van der Waals surface area contributed by atoms with Gasteiger partial charge in [-0.05, 0) is 35.1 Å². The molecule has 2 aromatic rings. The van der Waals surface area contributed by atoms with E-state index in [0.717, 1.165) is 38.5 Å². The quantitative estimate of drug-likeness (QED) is 0.676. The van der Waals surface area contributed by atoms with Gasteiger partial charge < -0.3 is 14.7 Å². The van der Waals surface area contributed by atoms with Crippen molar-refractivity contribution in [2.24, 2.45) is 11.3 Å². The molecular formula is C27H31NO4. The average molecular weight is 434 g/mol. The predicted octanol–water partition coefficient (Wildman–Crippen LogP) is 5.68. The second-order valence-corrected chi connectivity index (χ2v) is 9.71. The molecule has 1 N–H and O–H groups in total. The molecule has 5 nitrogen and oxygen atoms in total. The third kappa shape index (κ3) is 3.68. The number of carboxylic acid groups (broad SMARTS) is 1. The first-order chi connectivity index (χ1) is 15.6. The Labute approximate surface area is 189 Å². The number of hydrogen-bond donors (Lipinski definition) is 1. The Balaban J connectivity index is 1.31. The topological polar surface area (TPSA) is 66.8 Å². The van der Waals surface area contributed by atoms with Crippen LogP contribution in [0.1, 0.15) is 62.0 Å². The van der Waals surface area contributed by atoms with Crippen molar-refractivity contribution in [3.63, 3.8) is 0 Å². The van der Waals surface area contributed by atoms with Gasteiger partial charge in [-0.3, -0.25) is 4.79 Å². The number of carboxylic acids is 1. The Morgan fingerprint density at radius 2 is 1.47 bits per heavy atom. The first kappa shape index (κ1) is 21.0. The highest BCUT2D eigenvalue weighted by molar-refractivity contribution is 5.79. The minimum Gasteiger partial charge on any atom is -0.481 e. The average Bonchev–Trinajstić information content (AvgIpc) is 3.32. The molecule has 0 aromatic heterocycles. The number of fused-ring (bicyclic) bond motifs is 3. The third-order valence-corrected chi connectivity index (χ3v) is 7.89. The molecule has 1 spiro atoms. The number of aliphatic carboxylic acids is 1. The molecule has 1 saturated carbocycles. The van der Waals surface area contributed by atoms with E-state index in [-0.39, 0.29) is 30.6 Å². The van der Waals surface area contributed by atoms with Gasteiger partial charge in [0.1, 0.15) is 6.61 Å². The number of rotatable bonds is 3. The molecule has 5 rings (SSSR count). The fraction of sp³-hybridized carbons (Fsp3) is 0.481. The Kier molecular flexibility index (Phi) is 5.66. The lowest BCUT2D eigenvalue weighted by Crippen LogP contribution is -2.36. The van der Waals surface area contributed by atoms with Crippen molar-refractivity contribution in [2.75, 3.05) is 19.7 Å². The van der Waals surface area contributed by atoms with Gasteiger partial charge >= 0.3 is 12.1 Å². The summed E-state index contributed by atoms with van der Waals surface area (Å²) in [7, 11) is 0. The van der Waals surface area contributed by atoms with Crippen molar-refractivity contribution in [3.8, 4) is 11.1 Å². The fourth-order valence-corrected chi connectivity index (χ4v) is 6.25. The number of likely N-dealkylation sites (tertiary alicyclic amines) is 1. The van der Waals surface area contributed by atoms with E-state index in [1.807, 2.05) is 24.3 Å². The minimum absolute atomic E-state index is 0.0135. The Morgan fingerprint density at radius 1 is 0.906 bits per heavy atom. The molecular weight excluding hydrogens is 402 g/mol. The van der Waals surface area contributed by atoms with Crippen LogP contribution in [0.4, 0.5) is 4.79 Å². The molecule has 2 fully saturated rings. The number of hydrogen-bond acceptors (Lipinski definition) is 3. The lowest BCUT2D eigenvalue weighted by atomic mass is 9.69. The number of amides is 1. The normalized spacial score (nSPS) is 22.1. The zero-order chi connectivity index (χ0) is 22.1. The Bertz CT molecular complexity index is 963.